The maximum Gasteiger partial charge on any atom is 0.429 e. The molecule has 0 saturated carbocycles. The van der Waals surface area contributed by atoms with Crippen molar-refractivity contribution in [1.29, 1.82) is 5.39 Å². The van der Waals surface area contributed by atoms with Crippen LogP contribution in [0.3, 0.4) is 0 Å². The van der Waals surface area contributed by atoms with Gasteiger partial charge in [-0.2, -0.15) is 33.7 Å². The lowest BCUT2D eigenvalue weighted by molar-refractivity contribution is 0.458. The molecule has 4 N–H and O–H groups in total. The molecule has 140 valence electrons. The quantitative estimate of drug-likeness (QED) is 0.337. The molecule has 0 fully saturated rings. The fourth-order valence-corrected chi connectivity index (χ4v) is 6.70. The van der Waals surface area contributed by atoms with Crippen LogP contribution in [0.1, 0.15) is 0 Å². The normalized spacial score (nSPS) is 13.4. The molecule has 0 bridgehead atoms. The summed E-state index contributed by atoms with van der Waals surface area (Å²) < 4.78 is 127. The van der Waals surface area contributed by atoms with Crippen molar-refractivity contribution in [1.82, 2.24) is 0 Å². The topological polar surface area (TPSA) is 246 Å². The van der Waals surface area contributed by atoms with Gasteiger partial charge in [-0.25, -0.2) is 0 Å². The van der Waals surface area contributed by atoms with Gasteiger partial charge >= 0.3 is 25.9 Å². The van der Waals surface area contributed by atoms with Gasteiger partial charge in [0, 0.05) is 0 Å². The number of hydrogen-bond acceptors (Lipinski definition) is 9. The molecule has 0 aromatic heterocycles. The van der Waals surface area contributed by atoms with E-state index in [4.69, 9.17) is 35.2 Å². The molecule has 14 nitrogen and oxygen atoms in total. The van der Waals surface area contributed by atoms with Crippen LogP contribution in [0.2, 0.25) is 5.02 Å². The van der Waals surface area contributed by atoms with Crippen LogP contribution < -0.4 is 0 Å². The van der Waals surface area contributed by atoms with Crippen LogP contribution in [-0.4, -0.2) is 51.9 Å². The van der Waals surface area contributed by atoms with Crippen LogP contribution in [0.25, 0.3) is 4.98 Å². The maximum atomic E-state index is 11.3. The minimum atomic E-state index is -5.86. The molecule has 0 amide bonds. The summed E-state index contributed by atoms with van der Waals surface area (Å²) in [5.41, 5.74) is -2.06. The molecule has 0 saturated heterocycles. The van der Waals surface area contributed by atoms with E-state index in [1.54, 1.807) is 0 Å². The molecule has 0 aliphatic carbocycles. The van der Waals surface area contributed by atoms with E-state index in [0.717, 1.165) is 0 Å². The van der Waals surface area contributed by atoms with E-state index in [9.17, 15) is 33.7 Å². The van der Waals surface area contributed by atoms with E-state index in [1.165, 1.54) is 0 Å². The van der Waals surface area contributed by atoms with Crippen molar-refractivity contribution < 1.29 is 51.9 Å². The maximum absolute atomic E-state index is 11.3. The molecule has 0 aliphatic rings. The first kappa shape index (κ1) is 21.6. The van der Waals surface area contributed by atoms with Gasteiger partial charge in [0.15, 0.2) is 4.98 Å². The predicted molar refractivity (Wildman–Crippen MR) is 75.5 cm³/mol. The van der Waals surface area contributed by atoms with Crippen molar-refractivity contribution >= 4 is 57.8 Å². The summed E-state index contributed by atoms with van der Waals surface area (Å²) in [5.74, 6) is 0. The second-order valence-corrected chi connectivity index (χ2v) is 9.79. The lowest BCUT2D eigenvalue weighted by Crippen LogP contribution is -2.17. The number of benzene rings is 1. The van der Waals surface area contributed by atoms with Crippen molar-refractivity contribution in [2.45, 2.75) is 19.6 Å². The monoisotopic (exact) mass is 459 g/mol. The van der Waals surface area contributed by atoms with E-state index in [2.05, 4.69) is 0 Å². The molecule has 1 aromatic rings. The number of halogens is 1. The SMILES string of the molecule is N#[N+]c1c(S(=O)(=O)O)c(S(=O)(=O)O)c(Cl)c(S(=O)(=O)O)c1S(=O)(=O)O. The predicted octanol–water partition coefficient (Wildman–Crippen LogP) is -0.189. The summed E-state index contributed by atoms with van der Waals surface area (Å²) in [6.07, 6.45) is 0. The Morgan fingerprint density at radius 1 is 0.640 bits per heavy atom. The first-order valence-electron chi connectivity index (χ1n) is 4.99. The highest BCUT2D eigenvalue weighted by atomic mass is 35.5. The fraction of sp³-hybridized carbons (Fsp3) is 0. The Kier molecular flexibility index (Phi) is 5.25. The lowest BCUT2D eigenvalue weighted by Gasteiger charge is -2.11. The zero-order valence-electron chi connectivity index (χ0n) is 11.0. The van der Waals surface area contributed by atoms with Gasteiger partial charge in [0.1, 0.15) is 9.79 Å². The summed E-state index contributed by atoms with van der Waals surface area (Å²) in [6.45, 7) is 0. The smallest absolute Gasteiger partial charge is 0.282 e. The highest BCUT2D eigenvalue weighted by molar-refractivity contribution is 7.90. The van der Waals surface area contributed by atoms with E-state index in [0.29, 0.717) is 0 Å². The van der Waals surface area contributed by atoms with Crippen molar-refractivity contribution in [2.24, 2.45) is 0 Å². The Morgan fingerprint density at radius 3 is 1.04 bits per heavy atom. The average molecular weight is 460 g/mol. The molecular formula is C6H4ClN2O12S4+. The lowest BCUT2D eigenvalue weighted by atomic mass is 10.3. The number of hydrogen-bond donors (Lipinski definition) is 4. The van der Waals surface area contributed by atoms with E-state index >= 15 is 0 Å². The average Bonchev–Trinajstić information content (AvgIpc) is 2.31. The Labute approximate surface area is 144 Å². The fourth-order valence-electron chi connectivity index (χ4n) is 1.65. The summed E-state index contributed by atoms with van der Waals surface area (Å²) in [7, 11) is -23.4. The molecule has 1 aromatic carbocycles. The number of diazo groups is 1. The van der Waals surface area contributed by atoms with Crippen molar-refractivity contribution in [2.75, 3.05) is 0 Å². The van der Waals surface area contributed by atoms with Crippen LogP contribution in [0.5, 0.6) is 0 Å². The van der Waals surface area contributed by atoms with Crippen molar-refractivity contribution in [3.63, 3.8) is 0 Å². The summed E-state index contributed by atoms with van der Waals surface area (Å²) >= 11 is 5.28. The zero-order valence-corrected chi connectivity index (χ0v) is 15.0. The Balaban J connectivity index is 4.79. The van der Waals surface area contributed by atoms with Crippen LogP contribution in [0.15, 0.2) is 19.6 Å². The third kappa shape index (κ3) is 4.05. The van der Waals surface area contributed by atoms with Crippen LogP contribution in [-0.2, 0) is 40.5 Å². The summed E-state index contributed by atoms with van der Waals surface area (Å²) in [5, 5.41) is 6.84. The number of nitrogens with zero attached hydrogens (tertiary/aromatic N) is 2. The Morgan fingerprint density at radius 2 is 0.880 bits per heavy atom. The zero-order chi connectivity index (χ0) is 20.2. The van der Waals surface area contributed by atoms with E-state index in [1.807, 2.05) is 4.98 Å². The second kappa shape index (κ2) is 6.08. The van der Waals surface area contributed by atoms with Gasteiger partial charge in [0.25, 0.3) is 20.2 Å². The molecule has 19 heteroatoms. The summed E-state index contributed by atoms with van der Waals surface area (Å²) in [6, 6.07) is 0. The Hall–Kier alpha value is -1.43. The first-order valence-corrected chi connectivity index (χ1v) is 11.1. The highest BCUT2D eigenvalue weighted by Crippen LogP contribution is 2.46. The van der Waals surface area contributed by atoms with Crippen LogP contribution in [0.4, 0.5) is 5.69 Å². The van der Waals surface area contributed by atoms with Crippen molar-refractivity contribution in [3.8, 4) is 0 Å². The van der Waals surface area contributed by atoms with Gasteiger partial charge in [0.2, 0.25) is 15.2 Å². The largest absolute Gasteiger partial charge is 0.429 e. The molecule has 25 heavy (non-hydrogen) atoms. The standard InChI is InChI=1S/C6H3ClN2O12S4/c7-1-3(22(10,11)12)5(24(16,17)18)2(9-8)6(25(19,20)21)4(1)23(13,14)15/h(H3-,10,11,12,13,14,15,16,17,18,19,20,21)/p+1. The third-order valence-corrected chi connectivity index (χ3v) is 6.91. The minimum absolute atomic E-state index is 1.93. The highest BCUT2D eigenvalue weighted by Gasteiger charge is 2.48. The van der Waals surface area contributed by atoms with Gasteiger partial charge < -0.3 is 0 Å². The van der Waals surface area contributed by atoms with Gasteiger partial charge in [0.05, 0.1) is 5.02 Å². The summed E-state index contributed by atoms with van der Waals surface area (Å²) in [4.78, 5) is -6.62. The van der Waals surface area contributed by atoms with Gasteiger partial charge in [-0.15, -0.1) is 0 Å². The molecule has 0 radical (unpaired) electrons. The molecule has 0 heterocycles. The number of rotatable bonds is 4. The molecule has 0 spiro atoms. The van der Waals surface area contributed by atoms with Gasteiger partial charge in [-0.3, -0.25) is 18.2 Å². The van der Waals surface area contributed by atoms with Gasteiger partial charge in [-0.05, 0) is 0 Å². The van der Waals surface area contributed by atoms with Crippen LogP contribution >= 0.6 is 11.6 Å². The van der Waals surface area contributed by atoms with E-state index in [-0.39, 0.29) is 0 Å². The minimum Gasteiger partial charge on any atom is -0.282 e. The Bertz CT molecular complexity index is 1150. The molecular weight excluding hydrogens is 456 g/mol. The third-order valence-electron chi connectivity index (χ3n) is 2.37. The van der Waals surface area contributed by atoms with Gasteiger partial charge in [-0.1, -0.05) is 11.6 Å². The van der Waals surface area contributed by atoms with Crippen molar-refractivity contribution in [3.05, 3.63) is 10.00 Å². The molecule has 0 unspecified atom stereocenters. The van der Waals surface area contributed by atoms with E-state index < -0.39 is 70.8 Å². The second-order valence-electron chi connectivity index (χ2n) is 3.98. The molecule has 0 aliphatic heterocycles. The molecule has 0 atom stereocenters. The first-order chi connectivity index (χ1) is 10.8. The molecule has 1 rings (SSSR count). The van der Waals surface area contributed by atoms with Crippen LogP contribution in [0, 0.1) is 5.39 Å².